The van der Waals surface area contributed by atoms with Crippen LogP contribution < -0.4 is 0 Å². The van der Waals surface area contributed by atoms with Gasteiger partial charge in [-0.2, -0.15) is 0 Å². The van der Waals surface area contributed by atoms with Crippen molar-refractivity contribution in [3.63, 3.8) is 0 Å². The zero-order valence-electron chi connectivity index (χ0n) is 15.6. The van der Waals surface area contributed by atoms with Crippen LogP contribution in [0.25, 0.3) is 11.0 Å². The van der Waals surface area contributed by atoms with Crippen LogP contribution in [0.1, 0.15) is 43.7 Å². The summed E-state index contributed by atoms with van der Waals surface area (Å²) in [5.41, 5.74) is 1.29. The lowest BCUT2D eigenvalue weighted by atomic mass is 9.90. The van der Waals surface area contributed by atoms with Crippen molar-refractivity contribution in [3.8, 4) is 0 Å². The van der Waals surface area contributed by atoms with Gasteiger partial charge in [0.2, 0.25) is 5.91 Å². The molecule has 2 aliphatic rings. The lowest BCUT2D eigenvalue weighted by Gasteiger charge is -2.34. The number of likely N-dealkylation sites (tertiary alicyclic amines) is 2. The molecule has 2 amide bonds. The number of rotatable bonds is 3. The number of piperidine rings is 2. The van der Waals surface area contributed by atoms with E-state index in [4.69, 9.17) is 9.63 Å². The second kappa shape index (κ2) is 7.77. The van der Waals surface area contributed by atoms with Crippen molar-refractivity contribution in [2.24, 2.45) is 5.92 Å². The van der Waals surface area contributed by atoms with Crippen LogP contribution in [0.4, 0.5) is 9.18 Å². The molecule has 28 heavy (non-hydrogen) atoms. The number of halogens is 1. The van der Waals surface area contributed by atoms with Gasteiger partial charge in [0.15, 0.2) is 5.58 Å². The number of carboxylic acid groups (broad SMARTS) is 1. The third kappa shape index (κ3) is 3.81. The third-order valence-electron chi connectivity index (χ3n) is 5.95. The quantitative estimate of drug-likeness (QED) is 0.869. The van der Waals surface area contributed by atoms with Crippen molar-refractivity contribution in [1.82, 2.24) is 15.0 Å². The Hall–Kier alpha value is -2.64. The van der Waals surface area contributed by atoms with E-state index in [1.54, 1.807) is 6.07 Å². The van der Waals surface area contributed by atoms with Crippen LogP contribution in [-0.4, -0.2) is 58.2 Å². The molecule has 3 heterocycles. The van der Waals surface area contributed by atoms with E-state index < -0.39 is 6.09 Å². The Labute approximate surface area is 162 Å². The molecule has 2 aromatic rings. The van der Waals surface area contributed by atoms with Gasteiger partial charge in [0, 0.05) is 50.0 Å². The Bertz CT molecular complexity index is 875. The number of amides is 2. The topological polar surface area (TPSA) is 86.9 Å². The summed E-state index contributed by atoms with van der Waals surface area (Å²) in [5, 5.41) is 14.1. The van der Waals surface area contributed by atoms with Gasteiger partial charge < -0.3 is 19.4 Å². The van der Waals surface area contributed by atoms with E-state index in [1.165, 1.54) is 17.0 Å². The van der Waals surface area contributed by atoms with Crippen LogP contribution in [0.3, 0.4) is 0 Å². The first kappa shape index (κ1) is 18.7. The SMILES string of the molecule is O=C(O)N1CCCC(CC(=O)N2CCC(c3noc4cc(F)ccc34)CC2)C1. The van der Waals surface area contributed by atoms with Gasteiger partial charge in [-0.25, -0.2) is 9.18 Å². The summed E-state index contributed by atoms with van der Waals surface area (Å²) in [5.74, 6) is 0.0416. The molecule has 8 heteroatoms. The normalized spacial score (nSPS) is 21.2. The van der Waals surface area contributed by atoms with E-state index in [2.05, 4.69) is 5.16 Å². The highest BCUT2D eigenvalue weighted by molar-refractivity contribution is 5.80. The first-order valence-corrected chi connectivity index (χ1v) is 9.81. The fraction of sp³-hybridized carbons (Fsp3) is 0.550. The molecule has 150 valence electrons. The highest BCUT2D eigenvalue weighted by Crippen LogP contribution is 2.33. The summed E-state index contributed by atoms with van der Waals surface area (Å²) >= 11 is 0. The molecule has 0 saturated carbocycles. The maximum absolute atomic E-state index is 13.3. The zero-order valence-corrected chi connectivity index (χ0v) is 15.6. The molecule has 7 nitrogen and oxygen atoms in total. The van der Waals surface area contributed by atoms with Crippen LogP contribution in [0.15, 0.2) is 22.7 Å². The first-order valence-electron chi connectivity index (χ1n) is 9.81. The van der Waals surface area contributed by atoms with Crippen molar-refractivity contribution in [3.05, 3.63) is 29.7 Å². The average Bonchev–Trinajstić information content (AvgIpc) is 3.11. The standard InChI is InChI=1S/C20H24FN3O4/c21-15-3-4-16-17(11-15)28-22-19(16)14-5-8-23(9-6-14)18(25)10-13-2-1-7-24(12-13)20(26)27/h3-4,11,13-14H,1-2,5-10,12H2,(H,26,27). The molecule has 1 aromatic carbocycles. The maximum Gasteiger partial charge on any atom is 0.407 e. The largest absolute Gasteiger partial charge is 0.465 e. The highest BCUT2D eigenvalue weighted by Gasteiger charge is 2.30. The number of carbonyl (C=O) groups is 2. The van der Waals surface area contributed by atoms with Crippen molar-refractivity contribution >= 4 is 23.0 Å². The Balaban J connectivity index is 1.33. The van der Waals surface area contributed by atoms with Gasteiger partial charge in [-0.3, -0.25) is 4.79 Å². The summed E-state index contributed by atoms with van der Waals surface area (Å²) in [6.07, 6.45) is 2.78. The number of aromatic nitrogens is 1. The lowest BCUT2D eigenvalue weighted by molar-refractivity contribution is -0.133. The van der Waals surface area contributed by atoms with E-state index >= 15 is 0 Å². The summed E-state index contributed by atoms with van der Waals surface area (Å²) in [6.45, 7) is 2.29. The molecule has 1 atom stereocenters. The molecule has 1 unspecified atom stereocenters. The number of nitrogens with zero attached hydrogens (tertiary/aromatic N) is 3. The lowest BCUT2D eigenvalue weighted by Crippen LogP contribution is -2.43. The van der Waals surface area contributed by atoms with E-state index in [1.807, 2.05) is 4.90 Å². The number of carbonyl (C=O) groups excluding carboxylic acids is 1. The third-order valence-corrected chi connectivity index (χ3v) is 5.95. The van der Waals surface area contributed by atoms with Gasteiger partial charge in [0.25, 0.3) is 0 Å². The second-order valence-electron chi connectivity index (χ2n) is 7.80. The fourth-order valence-electron chi connectivity index (χ4n) is 4.41. The van der Waals surface area contributed by atoms with E-state index in [-0.39, 0.29) is 23.6 Å². The summed E-state index contributed by atoms with van der Waals surface area (Å²) in [6, 6.07) is 4.45. The number of benzene rings is 1. The zero-order chi connectivity index (χ0) is 19.7. The molecule has 0 bridgehead atoms. The van der Waals surface area contributed by atoms with Crippen molar-refractivity contribution in [1.29, 1.82) is 0 Å². The Kier molecular flexibility index (Phi) is 5.19. The molecule has 1 aromatic heterocycles. The minimum atomic E-state index is -0.905. The van der Waals surface area contributed by atoms with Crippen LogP contribution >= 0.6 is 0 Å². The van der Waals surface area contributed by atoms with Gasteiger partial charge in [0.05, 0.1) is 5.69 Å². The van der Waals surface area contributed by atoms with Crippen LogP contribution in [0, 0.1) is 11.7 Å². The monoisotopic (exact) mass is 389 g/mol. The van der Waals surface area contributed by atoms with Gasteiger partial charge in [-0.1, -0.05) is 5.16 Å². The second-order valence-corrected chi connectivity index (χ2v) is 7.80. The van der Waals surface area contributed by atoms with Crippen molar-refractivity contribution < 1.29 is 23.6 Å². The summed E-state index contributed by atoms with van der Waals surface area (Å²) in [7, 11) is 0. The predicted octanol–water partition coefficient (Wildman–Crippen LogP) is 3.45. The molecule has 0 spiro atoms. The van der Waals surface area contributed by atoms with E-state index in [0.717, 1.165) is 36.8 Å². The Morgan fingerprint density at radius 2 is 1.96 bits per heavy atom. The molecule has 0 aliphatic carbocycles. The number of hydrogen-bond acceptors (Lipinski definition) is 4. The molecule has 0 radical (unpaired) electrons. The fourth-order valence-corrected chi connectivity index (χ4v) is 4.41. The van der Waals surface area contributed by atoms with Crippen LogP contribution in [-0.2, 0) is 4.79 Å². The highest BCUT2D eigenvalue weighted by atomic mass is 19.1. The molecule has 4 rings (SSSR count). The van der Waals surface area contributed by atoms with Crippen LogP contribution in [0.5, 0.6) is 0 Å². The molecule has 2 aliphatic heterocycles. The number of fused-ring (bicyclic) bond motifs is 1. The predicted molar refractivity (Wildman–Crippen MR) is 99.5 cm³/mol. The Morgan fingerprint density at radius 3 is 2.71 bits per heavy atom. The van der Waals surface area contributed by atoms with Crippen molar-refractivity contribution in [2.75, 3.05) is 26.2 Å². The number of hydrogen-bond donors (Lipinski definition) is 1. The van der Waals surface area contributed by atoms with Gasteiger partial charge in [0.1, 0.15) is 5.82 Å². The average molecular weight is 389 g/mol. The van der Waals surface area contributed by atoms with E-state index in [0.29, 0.717) is 38.2 Å². The summed E-state index contributed by atoms with van der Waals surface area (Å²) < 4.78 is 18.6. The molecule has 2 saturated heterocycles. The molecular weight excluding hydrogens is 365 g/mol. The molecule has 2 fully saturated rings. The minimum Gasteiger partial charge on any atom is -0.465 e. The maximum atomic E-state index is 13.3. The van der Waals surface area contributed by atoms with Crippen molar-refractivity contribution in [2.45, 2.75) is 38.0 Å². The smallest absolute Gasteiger partial charge is 0.407 e. The van der Waals surface area contributed by atoms with Gasteiger partial charge >= 0.3 is 6.09 Å². The van der Waals surface area contributed by atoms with Gasteiger partial charge in [-0.05, 0) is 43.7 Å². The Morgan fingerprint density at radius 1 is 1.18 bits per heavy atom. The van der Waals surface area contributed by atoms with Gasteiger partial charge in [-0.15, -0.1) is 0 Å². The molecule has 1 N–H and O–H groups in total. The first-order chi connectivity index (χ1) is 13.5. The summed E-state index contributed by atoms with van der Waals surface area (Å²) in [4.78, 5) is 27.1. The molecular formula is C20H24FN3O4. The van der Waals surface area contributed by atoms with Crippen LogP contribution in [0.2, 0.25) is 0 Å². The minimum absolute atomic E-state index is 0.0998. The van der Waals surface area contributed by atoms with E-state index in [9.17, 15) is 14.0 Å².